The maximum absolute atomic E-state index is 12.7. The van der Waals surface area contributed by atoms with E-state index in [1.54, 1.807) is 0 Å². The van der Waals surface area contributed by atoms with Crippen LogP contribution in [0.25, 0.3) is 0 Å². The molecule has 0 saturated carbocycles. The third-order valence-corrected chi connectivity index (χ3v) is 5.55. The Labute approximate surface area is 160 Å². The lowest BCUT2D eigenvalue weighted by atomic mass is 10.1. The zero-order valence-corrected chi connectivity index (χ0v) is 16.4. The lowest BCUT2D eigenvalue weighted by molar-refractivity contribution is -0.914. The number of quaternary nitrogens is 1. The van der Waals surface area contributed by atoms with Crippen LogP contribution in [0.2, 0.25) is 5.02 Å². The van der Waals surface area contributed by atoms with Crippen molar-refractivity contribution in [3.05, 3.63) is 58.6 Å². The molecule has 26 heavy (non-hydrogen) atoms. The van der Waals surface area contributed by atoms with E-state index in [9.17, 15) is 4.79 Å². The van der Waals surface area contributed by atoms with Crippen molar-refractivity contribution in [2.24, 2.45) is 0 Å². The molecule has 0 aliphatic carbocycles. The fourth-order valence-corrected chi connectivity index (χ4v) is 3.77. The van der Waals surface area contributed by atoms with Crippen LogP contribution in [-0.2, 0) is 4.79 Å². The summed E-state index contributed by atoms with van der Waals surface area (Å²) < 4.78 is 0. The van der Waals surface area contributed by atoms with Gasteiger partial charge in [0, 0.05) is 16.4 Å². The molecule has 0 radical (unpaired) electrons. The van der Waals surface area contributed by atoms with Crippen LogP contribution in [0.15, 0.2) is 42.5 Å². The smallest absolute Gasteiger partial charge is 0.282 e. The zero-order valence-electron chi connectivity index (χ0n) is 15.7. The van der Waals surface area contributed by atoms with Gasteiger partial charge in [0.2, 0.25) is 0 Å². The van der Waals surface area contributed by atoms with Crippen molar-refractivity contribution in [2.45, 2.75) is 26.8 Å². The normalized spacial score (nSPS) is 16.4. The lowest BCUT2D eigenvalue weighted by Crippen LogP contribution is -3.19. The summed E-state index contributed by atoms with van der Waals surface area (Å²) in [5.41, 5.74) is 4.31. The Hall–Kier alpha value is -2.04. The molecule has 1 amide bonds. The number of halogens is 1. The summed E-state index contributed by atoms with van der Waals surface area (Å²) in [6, 6.07) is 14.0. The van der Waals surface area contributed by atoms with E-state index >= 15 is 0 Å². The molecule has 1 saturated heterocycles. The number of benzene rings is 2. The van der Waals surface area contributed by atoms with Crippen molar-refractivity contribution < 1.29 is 9.69 Å². The molecule has 138 valence electrons. The average Bonchev–Trinajstić information content (AvgIpc) is 2.64. The van der Waals surface area contributed by atoms with Gasteiger partial charge >= 0.3 is 0 Å². The standard InChI is InChI=1S/C21H26ClN3O/c1-15-6-4-7-16(2)20(15)23-21(26)17(3)24-10-12-25(13-11-24)19-9-5-8-18(22)14-19/h4-9,14,17H,10-13H2,1-3H3,(H,23,26)/p+1/t17-/m0/s1. The van der Waals surface area contributed by atoms with Crippen LogP contribution in [0, 0.1) is 13.8 Å². The number of carbonyl (C=O) groups excluding carboxylic acids is 1. The van der Waals surface area contributed by atoms with Crippen LogP contribution in [0.3, 0.4) is 0 Å². The van der Waals surface area contributed by atoms with Gasteiger partial charge in [-0.15, -0.1) is 0 Å². The van der Waals surface area contributed by atoms with Gasteiger partial charge in [-0.25, -0.2) is 0 Å². The summed E-state index contributed by atoms with van der Waals surface area (Å²) in [4.78, 5) is 16.4. The van der Waals surface area contributed by atoms with Gasteiger partial charge in [-0.3, -0.25) is 4.79 Å². The van der Waals surface area contributed by atoms with Crippen molar-refractivity contribution in [2.75, 3.05) is 36.4 Å². The highest BCUT2D eigenvalue weighted by atomic mass is 35.5. The predicted molar refractivity (Wildman–Crippen MR) is 108 cm³/mol. The molecule has 1 aliphatic rings. The van der Waals surface area contributed by atoms with Crippen molar-refractivity contribution in [3.63, 3.8) is 0 Å². The summed E-state index contributed by atoms with van der Waals surface area (Å²) in [6.45, 7) is 9.82. The van der Waals surface area contributed by atoms with Crippen LogP contribution >= 0.6 is 11.6 Å². The number of amides is 1. The first-order valence-corrected chi connectivity index (χ1v) is 9.55. The van der Waals surface area contributed by atoms with E-state index in [2.05, 4.69) is 16.3 Å². The van der Waals surface area contributed by atoms with Crippen LogP contribution in [0.4, 0.5) is 11.4 Å². The van der Waals surface area contributed by atoms with Crippen LogP contribution < -0.4 is 15.1 Å². The van der Waals surface area contributed by atoms with Gasteiger partial charge < -0.3 is 15.1 Å². The first-order chi connectivity index (χ1) is 12.5. The molecular formula is C21H27ClN3O+. The summed E-state index contributed by atoms with van der Waals surface area (Å²) in [5, 5.41) is 3.90. The maximum Gasteiger partial charge on any atom is 0.282 e. The van der Waals surface area contributed by atoms with E-state index in [1.165, 1.54) is 4.90 Å². The molecule has 3 rings (SSSR count). The number of hydrogen-bond acceptors (Lipinski definition) is 2. The summed E-state index contributed by atoms with van der Waals surface area (Å²) in [6.07, 6.45) is 0. The summed E-state index contributed by atoms with van der Waals surface area (Å²) >= 11 is 6.10. The van der Waals surface area contributed by atoms with Crippen LogP contribution in [0.1, 0.15) is 18.1 Å². The minimum absolute atomic E-state index is 0.0736. The van der Waals surface area contributed by atoms with E-state index in [-0.39, 0.29) is 11.9 Å². The second-order valence-electron chi connectivity index (χ2n) is 7.10. The van der Waals surface area contributed by atoms with Gasteiger partial charge in [0.1, 0.15) is 0 Å². The highest BCUT2D eigenvalue weighted by molar-refractivity contribution is 6.30. The molecule has 1 heterocycles. The van der Waals surface area contributed by atoms with Gasteiger partial charge in [0.25, 0.3) is 5.91 Å². The molecule has 1 aliphatic heterocycles. The SMILES string of the molecule is Cc1cccc(C)c1NC(=O)[C@H](C)[NH+]1CCN(c2cccc(Cl)c2)CC1. The summed E-state index contributed by atoms with van der Waals surface area (Å²) in [7, 11) is 0. The predicted octanol–water partition coefficient (Wildman–Crippen LogP) is 2.69. The number of nitrogens with zero attached hydrogens (tertiary/aromatic N) is 1. The highest BCUT2D eigenvalue weighted by Gasteiger charge is 2.29. The second kappa shape index (κ2) is 8.11. The van der Waals surface area contributed by atoms with E-state index < -0.39 is 0 Å². The van der Waals surface area contributed by atoms with Crippen molar-refractivity contribution in [1.29, 1.82) is 0 Å². The second-order valence-corrected chi connectivity index (χ2v) is 7.54. The van der Waals surface area contributed by atoms with Gasteiger partial charge in [0.15, 0.2) is 6.04 Å². The van der Waals surface area contributed by atoms with Gasteiger partial charge in [-0.2, -0.15) is 0 Å². The van der Waals surface area contributed by atoms with Crippen LogP contribution in [-0.4, -0.2) is 38.1 Å². The van der Waals surface area contributed by atoms with Crippen molar-refractivity contribution in [1.82, 2.24) is 0 Å². The molecule has 2 aromatic carbocycles. The van der Waals surface area contributed by atoms with E-state index in [1.807, 2.05) is 57.2 Å². The number of carbonyl (C=O) groups is 1. The molecule has 0 spiro atoms. The number of aryl methyl sites for hydroxylation is 2. The number of piperazine rings is 1. The maximum atomic E-state index is 12.7. The number of anilines is 2. The Balaban J connectivity index is 1.59. The van der Waals surface area contributed by atoms with Crippen molar-refractivity contribution in [3.8, 4) is 0 Å². The Morgan fingerprint density at radius 1 is 1.12 bits per heavy atom. The third-order valence-electron chi connectivity index (χ3n) is 5.31. The summed E-state index contributed by atoms with van der Waals surface area (Å²) in [5.74, 6) is 0.0913. The van der Waals surface area contributed by atoms with Gasteiger partial charge in [-0.1, -0.05) is 35.9 Å². The molecule has 1 atom stereocenters. The fraction of sp³-hybridized carbons (Fsp3) is 0.381. The number of nitrogens with one attached hydrogen (secondary N) is 2. The van der Waals surface area contributed by atoms with Gasteiger partial charge in [-0.05, 0) is 50.1 Å². The highest BCUT2D eigenvalue weighted by Crippen LogP contribution is 2.20. The lowest BCUT2D eigenvalue weighted by Gasteiger charge is -2.36. The minimum atomic E-state index is -0.0736. The molecule has 0 unspecified atom stereocenters. The monoisotopic (exact) mass is 372 g/mol. The molecule has 0 aromatic heterocycles. The van der Waals surface area contributed by atoms with E-state index in [4.69, 9.17) is 11.6 Å². The number of rotatable bonds is 4. The molecule has 1 fully saturated rings. The number of para-hydroxylation sites is 1. The van der Waals surface area contributed by atoms with E-state index in [0.717, 1.165) is 53.7 Å². The van der Waals surface area contributed by atoms with E-state index in [0.29, 0.717) is 0 Å². The molecule has 0 bridgehead atoms. The third kappa shape index (κ3) is 4.19. The Kier molecular flexibility index (Phi) is 5.84. The van der Waals surface area contributed by atoms with Crippen molar-refractivity contribution >= 4 is 28.9 Å². The number of hydrogen-bond donors (Lipinski definition) is 2. The Bertz CT molecular complexity index is 764. The van der Waals surface area contributed by atoms with Gasteiger partial charge in [0.05, 0.1) is 26.2 Å². The largest absolute Gasteiger partial charge is 0.360 e. The molecular weight excluding hydrogens is 346 g/mol. The molecule has 4 nitrogen and oxygen atoms in total. The first kappa shape index (κ1) is 18.7. The molecule has 5 heteroatoms. The zero-order chi connectivity index (χ0) is 18.7. The fourth-order valence-electron chi connectivity index (χ4n) is 3.59. The Morgan fingerprint density at radius 2 is 1.73 bits per heavy atom. The quantitative estimate of drug-likeness (QED) is 0.865. The molecule has 2 aromatic rings. The first-order valence-electron chi connectivity index (χ1n) is 9.18. The average molecular weight is 373 g/mol. The van der Waals surface area contributed by atoms with Crippen LogP contribution in [0.5, 0.6) is 0 Å². The topological polar surface area (TPSA) is 36.8 Å². The Morgan fingerprint density at radius 3 is 2.35 bits per heavy atom. The minimum Gasteiger partial charge on any atom is -0.360 e. The molecule has 2 N–H and O–H groups in total.